The number of phosphoric acid groups is 2. The number of aliphatic hydroxyl groups is 3. The number of unbranched alkanes of at least 4 members (excludes halogenated alkanes) is 12. The summed E-state index contributed by atoms with van der Waals surface area (Å²) in [6.45, 7) is 0.576. The van der Waals surface area contributed by atoms with Crippen molar-refractivity contribution in [2.75, 3.05) is 37.0 Å². The van der Waals surface area contributed by atoms with Gasteiger partial charge in [-0.1, -0.05) is 84.0 Å². The van der Waals surface area contributed by atoms with E-state index in [-0.39, 0.29) is 76.2 Å². The van der Waals surface area contributed by atoms with Crippen LogP contribution in [0.3, 0.4) is 0 Å². The molecule has 6 aromatic rings. The zero-order valence-electron chi connectivity index (χ0n) is 43.4. The van der Waals surface area contributed by atoms with Gasteiger partial charge in [0.1, 0.15) is 78.3 Å². The minimum atomic E-state index is -5.20. The highest BCUT2D eigenvalue weighted by Gasteiger charge is 2.51. The fourth-order valence-corrected chi connectivity index (χ4v) is 11.9. The summed E-state index contributed by atoms with van der Waals surface area (Å²) < 4.78 is 72.1. The molecule has 0 saturated carbocycles. The number of carbonyl (C=O) groups excluding carboxylic acids is 1. The molecule has 3 aliphatic rings. The Morgan fingerprint density at radius 1 is 0.595 bits per heavy atom. The number of aromatic nitrogens is 12. The predicted molar refractivity (Wildman–Crippen MR) is 278 cm³/mol. The van der Waals surface area contributed by atoms with Crippen LogP contribution in [0, 0.1) is 0 Å². The second-order valence-electron chi connectivity index (χ2n) is 19.8. The monoisotopic (exact) mass is 1150 g/mol. The molecule has 3 aliphatic heterocycles. The number of carbonyl (C=O) groups is 1. The van der Waals surface area contributed by atoms with Crippen LogP contribution < -0.4 is 22.5 Å². The lowest BCUT2D eigenvalue weighted by molar-refractivity contribution is -0.122. The van der Waals surface area contributed by atoms with Crippen LogP contribution in [-0.2, 0) is 46.2 Å². The molecule has 0 radical (unpaired) electrons. The summed E-state index contributed by atoms with van der Waals surface area (Å²) in [4.78, 5) is 72.5. The summed E-state index contributed by atoms with van der Waals surface area (Å²) in [5, 5.41) is 36.3. The fourth-order valence-electron chi connectivity index (χ4n) is 9.99. The normalized spacial score (nSPS) is 26.8. The van der Waals surface area contributed by atoms with Crippen molar-refractivity contribution in [1.29, 1.82) is 0 Å². The molecule has 0 spiro atoms. The first-order valence-corrected chi connectivity index (χ1v) is 29.4. The first-order valence-electron chi connectivity index (χ1n) is 26.4. The van der Waals surface area contributed by atoms with Crippen LogP contribution in [0.15, 0.2) is 38.0 Å². The SMILES string of the molecule is CCCCCCCCCCCCCCCC(=O)NCC1OC(n2cnc3c(N)ncnc32)C(OP(=O)(O)OCC2CC(OP(=O)(O)OCC3OC(n4cnc5c(N)ncnc54)C(O)C3O)C(n3cnc4c(N)ncnc43)O2)C1O. The smallest absolute Gasteiger partial charge is 0.387 e. The third-order valence-corrected chi connectivity index (χ3v) is 16.1. The Kier molecular flexibility index (Phi) is 19.1. The molecule has 1 amide bonds. The lowest BCUT2D eigenvalue weighted by atomic mass is 10.0. The van der Waals surface area contributed by atoms with Crippen LogP contribution in [0.5, 0.6) is 0 Å². The number of nitrogens with two attached hydrogens (primary N) is 3. The van der Waals surface area contributed by atoms with Crippen LogP contribution in [0.4, 0.5) is 17.5 Å². The Morgan fingerprint density at radius 3 is 1.61 bits per heavy atom. The van der Waals surface area contributed by atoms with E-state index in [1.54, 1.807) is 0 Å². The molecular formula is C46H68N16O15P2. The van der Waals surface area contributed by atoms with Crippen molar-refractivity contribution in [2.24, 2.45) is 0 Å². The van der Waals surface area contributed by atoms with Gasteiger partial charge in [-0.15, -0.1) is 0 Å². The van der Waals surface area contributed by atoms with E-state index in [2.05, 4.69) is 57.1 Å². The van der Waals surface area contributed by atoms with Gasteiger partial charge in [-0.2, -0.15) is 0 Å². The molecule has 0 aromatic carbocycles. The number of nitrogens with zero attached hydrogens (tertiary/aromatic N) is 12. The van der Waals surface area contributed by atoms with Gasteiger partial charge in [-0.25, -0.2) is 54.0 Å². The zero-order chi connectivity index (χ0) is 55.8. The standard InChI is InChI=1S/C46H68N16O15P2/c1-2-3-4-5-6-7-8-9-10-11-12-13-14-15-30(63)50-17-28-35(65)37(46(74-28)62-25-59-33-40(49)53-22-56-43(33)62)77-79(69,70)71-18-26-16-27(44(73-26)60-23-57-31-38(47)51-20-54-41(31)60)76-78(67,68)72-19-29-34(64)36(66)45(75-29)61-24-58-32-39(48)52-21-55-42(32)61/h20-29,34-37,44-46,64-66H,2-19H2,1H3,(H,50,63)(H,67,68)(H,69,70)(H2,47,51,54)(H2,48,52,55)(H2,49,53,56). The summed E-state index contributed by atoms with van der Waals surface area (Å²) in [5.41, 5.74) is 19.0. The van der Waals surface area contributed by atoms with E-state index < -0.39 is 96.4 Å². The minimum absolute atomic E-state index is 0.00878. The molecule has 3 fully saturated rings. The van der Waals surface area contributed by atoms with Crippen molar-refractivity contribution in [2.45, 2.75) is 171 Å². The van der Waals surface area contributed by atoms with Crippen molar-refractivity contribution >= 4 is 72.5 Å². The number of rotatable bonds is 29. The quantitative estimate of drug-likeness (QED) is 0.0241. The van der Waals surface area contributed by atoms with Gasteiger partial charge in [0.25, 0.3) is 0 Å². The van der Waals surface area contributed by atoms with Gasteiger partial charge >= 0.3 is 15.6 Å². The van der Waals surface area contributed by atoms with Crippen molar-refractivity contribution < 1.29 is 71.3 Å². The highest BCUT2D eigenvalue weighted by atomic mass is 31.2. The summed E-state index contributed by atoms with van der Waals surface area (Å²) in [7, 11) is -10.3. The molecule has 33 heteroatoms. The van der Waals surface area contributed by atoms with Gasteiger partial charge in [-0.3, -0.25) is 36.6 Å². The third-order valence-electron chi connectivity index (χ3n) is 14.1. The molecule has 6 aromatic heterocycles. The van der Waals surface area contributed by atoms with E-state index in [1.807, 2.05) is 0 Å². The largest absolute Gasteiger partial charge is 0.472 e. The highest BCUT2D eigenvalue weighted by molar-refractivity contribution is 7.47. The van der Waals surface area contributed by atoms with E-state index in [4.69, 9.17) is 49.5 Å². The number of phosphoric ester groups is 2. The fraction of sp³-hybridized carbons (Fsp3) is 0.652. The van der Waals surface area contributed by atoms with E-state index in [1.165, 1.54) is 103 Å². The Hall–Kier alpha value is -5.50. The average molecular weight is 1150 g/mol. The molecule has 3 saturated heterocycles. The average Bonchev–Trinajstić information content (AvgIpc) is 4.36. The number of fused-ring (bicyclic) bond motifs is 3. The second-order valence-corrected chi connectivity index (χ2v) is 22.6. The van der Waals surface area contributed by atoms with Gasteiger partial charge < -0.3 is 61.8 Å². The number of hydrogen-bond donors (Lipinski definition) is 9. The molecular weight excluding hydrogens is 1080 g/mol. The maximum Gasteiger partial charge on any atom is 0.472 e. The second kappa shape index (κ2) is 26.0. The van der Waals surface area contributed by atoms with Crippen LogP contribution in [0.2, 0.25) is 0 Å². The van der Waals surface area contributed by atoms with Gasteiger partial charge in [-0.05, 0) is 6.42 Å². The molecule has 0 aliphatic carbocycles. The minimum Gasteiger partial charge on any atom is -0.387 e. The number of nitrogen functional groups attached to an aromatic ring is 3. The number of amides is 1. The maximum absolute atomic E-state index is 14.0. The van der Waals surface area contributed by atoms with E-state index in [9.17, 15) is 39.0 Å². The summed E-state index contributed by atoms with van der Waals surface area (Å²) in [5.74, 6) is -0.154. The van der Waals surface area contributed by atoms with Crippen LogP contribution in [-0.4, -0.2) is 158 Å². The number of hydrogen-bond acceptors (Lipinski definition) is 25. The lowest BCUT2D eigenvalue weighted by Crippen LogP contribution is -2.40. The number of imidazole rings is 3. The third kappa shape index (κ3) is 13.8. The number of anilines is 3. The molecule has 13 unspecified atom stereocenters. The lowest BCUT2D eigenvalue weighted by Gasteiger charge is -2.24. The molecule has 12 N–H and O–H groups in total. The van der Waals surface area contributed by atoms with Crippen LogP contribution in [0.1, 0.15) is 122 Å². The molecule has 79 heavy (non-hydrogen) atoms. The first-order chi connectivity index (χ1) is 38.0. The van der Waals surface area contributed by atoms with E-state index in [0.717, 1.165) is 25.6 Å². The number of ether oxygens (including phenoxy) is 3. The van der Waals surface area contributed by atoms with Crippen molar-refractivity contribution in [3.8, 4) is 0 Å². The molecule has 432 valence electrons. The van der Waals surface area contributed by atoms with E-state index in [0.29, 0.717) is 6.42 Å². The number of nitrogens with one attached hydrogen (secondary N) is 1. The van der Waals surface area contributed by atoms with Crippen molar-refractivity contribution in [3.05, 3.63) is 38.0 Å². The molecule has 31 nitrogen and oxygen atoms in total. The van der Waals surface area contributed by atoms with Crippen LogP contribution in [0.25, 0.3) is 33.5 Å². The topological polar surface area (TPSA) is 438 Å². The van der Waals surface area contributed by atoms with Gasteiger partial charge in [0.05, 0.1) is 38.3 Å². The molecule has 0 bridgehead atoms. The van der Waals surface area contributed by atoms with Crippen LogP contribution >= 0.6 is 15.6 Å². The highest BCUT2D eigenvalue weighted by Crippen LogP contribution is 2.53. The summed E-state index contributed by atoms with van der Waals surface area (Å²) in [6, 6.07) is 0. The van der Waals surface area contributed by atoms with E-state index >= 15 is 0 Å². The summed E-state index contributed by atoms with van der Waals surface area (Å²) >= 11 is 0. The predicted octanol–water partition coefficient (Wildman–Crippen LogP) is 3.02. The summed E-state index contributed by atoms with van der Waals surface area (Å²) in [6.07, 6.45) is 6.93. The Bertz CT molecular complexity index is 3100. The van der Waals surface area contributed by atoms with Crippen molar-refractivity contribution in [3.63, 3.8) is 0 Å². The van der Waals surface area contributed by atoms with Gasteiger partial charge in [0, 0.05) is 19.4 Å². The van der Waals surface area contributed by atoms with Gasteiger partial charge in [0.15, 0.2) is 53.1 Å². The Morgan fingerprint density at radius 2 is 1.06 bits per heavy atom. The number of aliphatic hydroxyl groups excluding tert-OH is 3. The first kappa shape index (κ1) is 58.2. The Balaban J connectivity index is 0.817. The molecule has 13 atom stereocenters. The zero-order valence-corrected chi connectivity index (χ0v) is 45.1. The molecule has 9 rings (SSSR count). The van der Waals surface area contributed by atoms with Crippen molar-refractivity contribution in [1.82, 2.24) is 63.9 Å². The molecule has 9 heterocycles. The maximum atomic E-state index is 14.0. The Labute approximate surface area is 452 Å². The van der Waals surface area contributed by atoms with Gasteiger partial charge in [0.2, 0.25) is 5.91 Å².